The molecular formula is C15H26N2O2. The van der Waals surface area contributed by atoms with Crippen molar-refractivity contribution in [3.63, 3.8) is 0 Å². The maximum absolute atomic E-state index is 12.8. The van der Waals surface area contributed by atoms with Crippen LogP contribution in [0.3, 0.4) is 0 Å². The Morgan fingerprint density at radius 2 is 1.89 bits per heavy atom. The van der Waals surface area contributed by atoms with Gasteiger partial charge in [-0.15, -0.1) is 0 Å². The van der Waals surface area contributed by atoms with Crippen molar-refractivity contribution < 1.29 is 9.59 Å². The van der Waals surface area contributed by atoms with E-state index in [2.05, 4.69) is 11.9 Å². The quantitative estimate of drug-likeness (QED) is 0.775. The van der Waals surface area contributed by atoms with Gasteiger partial charge in [0.1, 0.15) is 11.6 Å². The smallest absolute Gasteiger partial charge is 0.249 e. The molecular weight excluding hydrogens is 240 g/mol. The summed E-state index contributed by atoms with van der Waals surface area (Å²) in [5.74, 6) is 0.0772. The van der Waals surface area contributed by atoms with Gasteiger partial charge in [0.05, 0.1) is 0 Å². The Morgan fingerprint density at radius 1 is 1.37 bits per heavy atom. The molecule has 1 atom stereocenters. The minimum atomic E-state index is -0.738. The van der Waals surface area contributed by atoms with Gasteiger partial charge in [-0.25, -0.2) is 0 Å². The molecule has 4 heteroatoms. The van der Waals surface area contributed by atoms with Crippen molar-refractivity contribution in [2.75, 3.05) is 6.54 Å². The minimum Gasteiger partial charge on any atom is -0.340 e. The monoisotopic (exact) mass is 266 g/mol. The van der Waals surface area contributed by atoms with Crippen molar-refractivity contribution in [2.24, 2.45) is 5.92 Å². The van der Waals surface area contributed by atoms with Crippen LogP contribution in [-0.4, -0.2) is 34.8 Å². The highest BCUT2D eigenvalue weighted by atomic mass is 16.2. The molecule has 108 valence electrons. The first-order valence-electron chi connectivity index (χ1n) is 7.06. The molecule has 0 aliphatic carbocycles. The summed E-state index contributed by atoms with van der Waals surface area (Å²) in [6.45, 7) is 14.0. The predicted octanol–water partition coefficient (Wildman–Crippen LogP) is 2.10. The first kappa shape index (κ1) is 15.7. The molecule has 0 aromatic rings. The maximum Gasteiger partial charge on any atom is 0.249 e. The van der Waals surface area contributed by atoms with Crippen LogP contribution >= 0.6 is 0 Å². The Bertz CT molecular complexity index is 384. The average Bonchev–Trinajstić information content (AvgIpc) is 2.32. The molecule has 1 saturated heterocycles. The molecule has 0 aromatic carbocycles. The van der Waals surface area contributed by atoms with E-state index in [1.165, 1.54) is 0 Å². The molecule has 1 aliphatic rings. The molecule has 1 unspecified atom stereocenters. The lowest BCUT2D eigenvalue weighted by molar-refractivity contribution is -0.156. The highest BCUT2D eigenvalue weighted by Crippen LogP contribution is 2.28. The van der Waals surface area contributed by atoms with Crippen molar-refractivity contribution in [3.8, 4) is 0 Å². The fourth-order valence-corrected chi connectivity index (χ4v) is 2.76. The number of nitrogens with one attached hydrogen (secondary N) is 1. The third-order valence-electron chi connectivity index (χ3n) is 3.92. The SMILES string of the molecule is C=C(C)CN1C(=O)C(CC)(CC)NC(=O)C1C(C)C. The van der Waals surface area contributed by atoms with Gasteiger partial charge in [0.25, 0.3) is 0 Å². The van der Waals surface area contributed by atoms with Crippen LogP contribution in [0.4, 0.5) is 0 Å². The molecule has 0 bridgehead atoms. The van der Waals surface area contributed by atoms with Crippen LogP contribution in [0.15, 0.2) is 12.2 Å². The fourth-order valence-electron chi connectivity index (χ4n) is 2.76. The van der Waals surface area contributed by atoms with Gasteiger partial charge in [-0.2, -0.15) is 0 Å². The maximum atomic E-state index is 12.8. The third-order valence-corrected chi connectivity index (χ3v) is 3.92. The zero-order valence-electron chi connectivity index (χ0n) is 12.7. The molecule has 4 nitrogen and oxygen atoms in total. The average molecular weight is 266 g/mol. The molecule has 0 saturated carbocycles. The standard InChI is InChI=1S/C15H26N2O2/c1-7-15(8-2)14(19)17(9-10(3)4)12(11(5)6)13(18)16-15/h11-12H,3,7-9H2,1-2,4-6H3,(H,16,18). The first-order chi connectivity index (χ1) is 8.79. The second-order valence-corrected chi connectivity index (χ2v) is 5.86. The zero-order valence-corrected chi connectivity index (χ0v) is 12.7. The highest BCUT2D eigenvalue weighted by molar-refractivity contribution is 6.00. The van der Waals surface area contributed by atoms with Gasteiger partial charge in [0.15, 0.2) is 0 Å². The summed E-state index contributed by atoms with van der Waals surface area (Å²) < 4.78 is 0. The van der Waals surface area contributed by atoms with Crippen LogP contribution in [0.2, 0.25) is 0 Å². The molecule has 1 rings (SSSR count). The summed E-state index contributed by atoms with van der Waals surface area (Å²) in [7, 11) is 0. The van der Waals surface area contributed by atoms with Crippen LogP contribution in [0.5, 0.6) is 0 Å². The lowest BCUT2D eigenvalue weighted by Crippen LogP contribution is -2.71. The number of carbonyl (C=O) groups excluding carboxylic acids is 2. The number of piperazine rings is 1. The molecule has 2 amide bonds. The van der Waals surface area contributed by atoms with Crippen molar-refractivity contribution in [3.05, 3.63) is 12.2 Å². The van der Waals surface area contributed by atoms with Gasteiger partial charge in [-0.1, -0.05) is 39.8 Å². The summed E-state index contributed by atoms with van der Waals surface area (Å²) in [5.41, 5.74) is 0.160. The number of amides is 2. The Morgan fingerprint density at radius 3 is 2.26 bits per heavy atom. The second kappa shape index (κ2) is 5.76. The molecule has 19 heavy (non-hydrogen) atoms. The van der Waals surface area contributed by atoms with Gasteiger partial charge in [0.2, 0.25) is 11.8 Å². The number of nitrogens with zero attached hydrogens (tertiary/aromatic N) is 1. The third kappa shape index (κ3) is 2.82. The lowest BCUT2D eigenvalue weighted by atomic mass is 9.84. The fraction of sp³-hybridized carbons (Fsp3) is 0.733. The van der Waals surface area contributed by atoms with Crippen LogP contribution in [0.1, 0.15) is 47.5 Å². The zero-order chi connectivity index (χ0) is 14.8. The summed E-state index contributed by atoms with van der Waals surface area (Å²) in [6.07, 6.45) is 1.23. The van der Waals surface area contributed by atoms with E-state index in [1.807, 2.05) is 34.6 Å². The van der Waals surface area contributed by atoms with Crippen LogP contribution in [0, 0.1) is 5.92 Å². The van der Waals surface area contributed by atoms with Crippen molar-refractivity contribution in [1.82, 2.24) is 10.2 Å². The van der Waals surface area contributed by atoms with Crippen molar-refractivity contribution in [1.29, 1.82) is 0 Å². The second-order valence-electron chi connectivity index (χ2n) is 5.86. The van der Waals surface area contributed by atoms with E-state index in [0.717, 1.165) is 5.57 Å². The van der Waals surface area contributed by atoms with E-state index >= 15 is 0 Å². The Kier molecular flexibility index (Phi) is 4.77. The molecule has 1 aliphatic heterocycles. The largest absolute Gasteiger partial charge is 0.340 e. The topological polar surface area (TPSA) is 49.4 Å². The molecule has 1 fully saturated rings. The van der Waals surface area contributed by atoms with Gasteiger partial charge >= 0.3 is 0 Å². The molecule has 0 spiro atoms. The molecule has 1 heterocycles. The van der Waals surface area contributed by atoms with Crippen LogP contribution in [-0.2, 0) is 9.59 Å². The van der Waals surface area contributed by atoms with E-state index in [4.69, 9.17) is 0 Å². The number of hydrogen-bond donors (Lipinski definition) is 1. The first-order valence-corrected chi connectivity index (χ1v) is 7.06. The van der Waals surface area contributed by atoms with E-state index in [1.54, 1.807) is 4.90 Å². The Balaban J connectivity index is 3.18. The summed E-state index contributed by atoms with van der Waals surface area (Å²) in [4.78, 5) is 26.9. The van der Waals surface area contributed by atoms with Crippen molar-refractivity contribution in [2.45, 2.75) is 59.0 Å². The van der Waals surface area contributed by atoms with Crippen LogP contribution < -0.4 is 5.32 Å². The van der Waals surface area contributed by atoms with E-state index in [0.29, 0.717) is 19.4 Å². The summed E-state index contributed by atoms with van der Waals surface area (Å²) in [5, 5.41) is 2.95. The summed E-state index contributed by atoms with van der Waals surface area (Å²) in [6, 6.07) is -0.393. The Labute approximate surface area is 116 Å². The van der Waals surface area contributed by atoms with E-state index < -0.39 is 11.6 Å². The van der Waals surface area contributed by atoms with Crippen molar-refractivity contribution >= 4 is 11.8 Å². The van der Waals surface area contributed by atoms with Gasteiger partial charge in [-0.3, -0.25) is 9.59 Å². The lowest BCUT2D eigenvalue weighted by Gasteiger charge is -2.47. The Hall–Kier alpha value is -1.32. The highest BCUT2D eigenvalue weighted by Gasteiger charge is 2.49. The normalized spacial score (nSPS) is 22.6. The molecule has 0 radical (unpaired) electrons. The minimum absolute atomic E-state index is 0.0267. The van der Waals surface area contributed by atoms with Crippen LogP contribution in [0.25, 0.3) is 0 Å². The molecule has 1 N–H and O–H groups in total. The van der Waals surface area contributed by atoms with Gasteiger partial charge < -0.3 is 10.2 Å². The van der Waals surface area contributed by atoms with E-state index in [9.17, 15) is 9.59 Å². The number of carbonyl (C=O) groups is 2. The number of rotatable bonds is 5. The van der Waals surface area contributed by atoms with E-state index in [-0.39, 0.29) is 17.7 Å². The predicted molar refractivity (Wildman–Crippen MR) is 76.6 cm³/mol. The summed E-state index contributed by atoms with van der Waals surface area (Å²) >= 11 is 0. The van der Waals surface area contributed by atoms with Gasteiger partial charge in [-0.05, 0) is 25.7 Å². The van der Waals surface area contributed by atoms with Gasteiger partial charge in [0, 0.05) is 6.54 Å². The number of hydrogen-bond acceptors (Lipinski definition) is 2. The molecule has 0 aromatic heterocycles.